The second kappa shape index (κ2) is 5.76. The van der Waals surface area contributed by atoms with Crippen LogP contribution in [0.5, 0.6) is 0 Å². The lowest BCUT2D eigenvalue weighted by Gasteiger charge is -2.32. The lowest BCUT2D eigenvalue weighted by atomic mass is 9.78. The fourth-order valence-electron chi connectivity index (χ4n) is 2.44. The maximum absolute atomic E-state index is 11.1. The first-order chi connectivity index (χ1) is 10.2. The van der Waals surface area contributed by atoms with Crippen molar-refractivity contribution in [1.29, 1.82) is 0 Å². The van der Waals surface area contributed by atoms with Crippen molar-refractivity contribution in [2.24, 2.45) is 5.11 Å². The summed E-state index contributed by atoms with van der Waals surface area (Å²) in [6, 6.07) is 3.36. The molecule has 0 amide bonds. The Kier molecular flexibility index (Phi) is 4.33. The van der Waals surface area contributed by atoms with Gasteiger partial charge >= 0.3 is 7.12 Å². The van der Waals surface area contributed by atoms with E-state index in [-0.39, 0.29) is 0 Å². The number of rotatable bonds is 4. The standard InChI is InChI=1S/C15H20BN3O3/c1-10-12(6-11(9-20)7-13(10)18-19-17)8-16-21-14(2,3)15(4,5)22-16/h6-7,9H,8H2,1-5H3. The van der Waals surface area contributed by atoms with E-state index in [1.54, 1.807) is 12.1 Å². The molecule has 1 aliphatic rings. The number of azide groups is 1. The summed E-state index contributed by atoms with van der Waals surface area (Å²) in [5, 5.41) is 3.65. The molecule has 1 aromatic carbocycles. The van der Waals surface area contributed by atoms with Crippen LogP contribution in [0.2, 0.25) is 0 Å². The maximum atomic E-state index is 11.1. The Bertz CT molecular complexity index is 636. The molecule has 6 nitrogen and oxygen atoms in total. The Morgan fingerprint density at radius 1 is 1.27 bits per heavy atom. The fraction of sp³-hybridized carbons (Fsp3) is 0.533. The van der Waals surface area contributed by atoms with E-state index < -0.39 is 18.3 Å². The van der Waals surface area contributed by atoms with E-state index in [9.17, 15) is 4.79 Å². The molecule has 1 fully saturated rings. The number of hydrogen-bond acceptors (Lipinski definition) is 4. The third kappa shape index (κ3) is 3.02. The van der Waals surface area contributed by atoms with Crippen molar-refractivity contribution in [2.45, 2.75) is 52.1 Å². The molecule has 0 bridgehead atoms. The van der Waals surface area contributed by atoms with Gasteiger partial charge in [0.05, 0.1) is 11.2 Å². The van der Waals surface area contributed by atoms with Crippen molar-refractivity contribution in [3.05, 3.63) is 39.3 Å². The molecule has 0 aliphatic carbocycles. The first-order valence-electron chi connectivity index (χ1n) is 7.19. The van der Waals surface area contributed by atoms with Gasteiger partial charge in [0.1, 0.15) is 6.29 Å². The molecule has 116 valence electrons. The van der Waals surface area contributed by atoms with Crippen LogP contribution < -0.4 is 0 Å². The summed E-state index contributed by atoms with van der Waals surface area (Å²) in [6.45, 7) is 9.83. The molecule has 7 heteroatoms. The summed E-state index contributed by atoms with van der Waals surface area (Å²) in [5.41, 5.74) is 10.5. The number of benzene rings is 1. The van der Waals surface area contributed by atoms with Gasteiger partial charge in [0, 0.05) is 22.5 Å². The second-order valence-electron chi connectivity index (χ2n) is 6.52. The van der Waals surface area contributed by atoms with E-state index in [0.29, 0.717) is 17.6 Å². The minimum atomic E-state index is -0.401. The van der Waals surface area contributed by atoms with Gasteiger partial charge in [-0.25, -0.2) is 0 Å². The highest BCUT2D eigenvalue weighted by Gasteiger charge is 2.50. The van der Waals surface area contributed by atoms with Crippen molar-refractivity contribution in [3.8, 4) is 0 Å². The van der Waals surface area contributed by atoms with Crippen molar-refractivity contribution in [2.75, 3.05) is 0 Å². The van der Waals surface area contributed by atoms with Crippen LogP contribution in [-0.2, 0) is 15.6 Å². The van der Waals surface area contributed by atoms with Gasteiger partial charge in [0.2, 0.25) is 0 Å². The molecule has 0 unspecified atom stereocenters. The molecule has 0 aromatic heterocycles. The van der Waals surface area contributed by atoms with Gasteiger partial charge in [-0.15, -0.1) is 0 Å². The average Bonchev–Trinajstić information content (AvgIpc) is 2.62. The summed E-state index contributed by atoms with van der Waals surface area (Å²) in [6.07, 6.45) is 1.23. The first kappa shape index (κ1) is 16.6. The highest BCUT2D eigenvalue weighted by atomic mass is 16.7. The van der Waals surface area contributed by atoms with Crippen molar-refractivity contribution < 1.29 is 14.1 Å². The molecule has 22 heavy (non-hydrogen) atoms. The van der Waals surface area contributed by atoms with E-state index in [2.05, 4.69) is 10.0 Å². The predicted octanol–water partition coefficient (Wildman–Crippen LogP) is 3.92. The van der Waals surface area contributed by atoms with E-state index in [0.717, 1.165) is 17.4 Å². The molecule has 2 rings (SSSR count). The van der Waals surface area contributed by atoms with E-state index in [4.69, 9.17) is 14.8 Å². The quantitative estimate of drug-likeness (QED) is 0.278. The third-order valence-electron chi connectivity index (χ3n) is 4.49. The third-order valence-corrected chi connectivity index (χ3v) is 4.49. The maximum Gasteiger partial charge on any atom is 0.462 e. The molecule has 0 saturated carbocycles. The molecule has 1 aliphatic heterocycles. The Hall–Kier alpha value is -1.82. The summed E-state index contributed by atoms with van der Waals surface area (Å²) in [4.78, 5) is 13.9. The molecule has 1 saturated heterocycles. The van der Waals surface area contributed by atoms with Gasteiger partial charge < -0.3 is 9.31 Å². The van der Waals surface area contributed by atoms with Crippen LogP contribution in [0.25, 0.3) is 10.4 Å². The van der Waals surface area contributed by atoms with Crippen LogP contribution in [0.3, 0.4) is 0 Å². The van der Waals surface area contributed by atoms with Crippen LogP contribution in [0, 0.1) is 6.92 Å². The highest BCUT2D eigenvalue weighted by Crippen LogP contribution is 2.38. The lowest BCUT2D eigenvalue weighted by Crippen LogP contribution is -2.41. The van der Waals surface area contributed by atoms with E-state index in [1.165, 1.54) is 0 Å². The van der Waals surface area contributed by atoms with E-state index in [1.807, 2.05) is 34.6 Å². The van der Waals surface area contributed by atoms with Crippen LogP contribution in [0.1, 0.15) is 49.2 Å². The minimum absolute atomic E-state index is 0.399. The van der Waals surface area contributed by atoms with Crippen LogP contribution in [-0.4, -0.2) is 24.6 Å². The largest absolute Gasteiger partial charge is 0.462 e. The SMILES string of the molecule is Cc1c(CB2OC(C)(C)C(C)(C)O2)cc(C=O)cc1N=[N+]=[N-]. The first-order valence-corrected chi connectivity index (χ1v) is 7.19. The van der Waals surface area contributed by atoms with Crippen LogP contribution >= 0.6 is 0 Å². The molecule has 0 N–H and O–H groups in total. The summed E-state index contributed by atoms with van der Waals surface area (Å²) < 4.78 is 12.0. The predicted molar refractivity (Wildman–Crippen MR) is 85.2 cm³/mol. The van der Waals surface area contributed by atoms with Gasteiger partial charge in [0.15, 0.2) is 0 Å². The van der Waals surface area contributed by atoms with Crippen molar-refractivity contribution in [1.82, 2.24) is 0 Å². The van der Waals surface area contributed by atoms with Gasteiger partial charge in [-0.3, -0.25) is 4.79 Å². The zero-order valence-electron chi connectivity index (χ0n) is 13.6. The van der Waals surface area contributed by atoms with Gasteiger partial charge in [-0.2, -0.15) is 0 Å². The highest BCUT2D eigenvalue weighted by molar-refractivity contribution is 6.45. The Labute approximate surface area is 130 Å². The zero-order chi connectivity index (χ0) is 16.5. The molecule has 1 heterocycles. The lowest BCUT2D eigenvalue weighted by molar-refractivity contribution is 0.00578. The Morgan fingerprint density at radius 2 is 1.86 bits per heavy atom. The fourth-order valence-corrected chi connectivity index (χ4v) is 2.44. The monoisotopic (exact) mass is 301 g/mol. The van der Waals surface area contributed by atoms with Crippen molar-refractivity contribution in [3.63, 3.8) is 0 Å². The van der Waals surface area contributed by atoms with Gasteiger partial charge in [-0.1, -0.05) is 5.11 Å². The smallest absolute Gasteiger partial charge is 0.403 e. The number of carbonyl (C=O) groups is 1. The van der Waals surface area contributed by atoms with Crippen LogP contribution in [0.4, 0.5) is 5.69 Å². The number of carbonyl (C=O) groups excluding carboxylic acids is 1. The molecule has 0 radical (unpaired) electrons. The molecule has 1 aromatic rings. The Morgan fingerprint density at radius 3 is 2.36 bits per heavy atom. The van der Waals surface area contributed by atoms with Crippen molar-refractivity contribution >= 4 is 19.1 Å². The average molecular weight is 301 g/mol. The zero-order valence-corrected chi connectivity index (χ0v) is 13.6. The minimum Gasteiger partial charge on any atom is -0.403 e. The number of aldehydes is 1. The molecular formula is C15H20BN3O3. The summed E-state index contributed by atoms with van der Waals surface area (Å²) >= 11 is 0. The number of hydrogen-bond donors (Lipinski definition) is 0. The van der Waals surface area contributed by atoms with Crippen LogP contribution in [0.15, 0.2) is 17.2 Å². The van der Waals surface area contributed by atoms with Gasteiger partial charge in [-0.05, 0) is 63.4 Å². The number of nitrogens with zero attached hydrogens (tertiary/aromatic N) is 3. The summed E-state index contributed by atoms with van der Waals surface area (Å²) in [7, 11) is -0.399. The topological polar surface area (TPSA) is 84.3 Å². The normalized spacial score (nSPS) is 18.9. The van der Waals surface area contributed by atoms with Gasteiger partial charge in [0.25, 0.3) is 0 Å². The Balaban J connectivity index is 2.33. The summed E-state index contributed by atoms with van der Waals surface area (Å²) in [5.74, 6) is 0. The second-order valence-corrected chi connectivity index (χ2v) is 6.52. The molecule has 0 spiro atoms. The molecule has 0 atom stereocenters. The molecular weight excluding hydrogens is 281 g/mol. The van der Waals surface area contributed by atoms with E-state index >= 15 is 0 Å².